The second-order valence-corrected chi connectivity index (χ2v) is 3.92. The van der Waals surface area contributed by atoms with Gasteiger partial charge in [-0.25, -0.2) is 0 Å². The molecule has 0 fully saturated rings. The fourth-order valence-electron chi connectivity index (χ4n) is 1.62. The Kier molecular flexibility index (Phi) is 6.65. The van der Waals surface area contributed by atoms with Crippen molar-refractivity contribution in [3.8, 4) is 11.8 Å². The van der Waals surface area contributed by atoms with Crippen molar-refractivity contribution in [2.45, 2.75) is 20.3 Å². The summed E-state index contributed by atoms with van der Waals surface area (Å²) in [5, 5.41) is 2.84. The summed E-state index contributed by atoms with van der Waals surface area (Å²) in [5.41, 5.74) is 8.11. The Hall–Kier alpha value is -1.83. The topological polar surface area (TPSA) is 64.3 Å². The molecule has 0 aliphatic heterocycles. The monoisotopic (exact) mass is 260 g/mol. The van der Waals surface area contributed by atoms with Crippen LogP contribution in [0.2, 0.25) is 0 Å². The van der Waals surface area contributed by atoms with E-state index in [0.717, 1.165) is 23.2 Å². The second kappa shape index (κ2) is 8.30. The molecule has 0 aliphatic rings. The molecule has 0 aromatic heterocycles. The van der Waals surface area contributed by atoms with Gasteiger partial charge in [-0.1, -0.05) is 18.8 Å². The summed E-state index contributed by atoms with van der Waals surface area (Å²) in [6, 6.07) is 5.71. The number of nitrogens with one attached hydrogen (secondary N) is 1. The van der Waals surface area contributed by atoms with E-state index < -0.39 is 0 Å². The van der Waals surface area contributed by atoms with Gasteiger partial charge in [-0.05, 0) is 37.1 Å². The van der Waals surface area contributed by atoms with E-state index >= 15 is 0 Å². The highest BCUT2D eigenvalue weighted by Crippen LogP contribution is 2.18. The first-order chi connectivity index (χ1) is 9.21. The van der Waals surface area contributed by atoms with Crippen LogP contribution < -0.4 is 11.1 Å². The molecule has 1 amide bonds. The molecule has 0 saturated heterocycles. The van der Waals surface area contributed by atoms with E-state index in [9.17, 15) is 4.79 Å². The third-order valence-corrected chi connectivity index (χ3v) is 2.53. The molecule has 0 aliphatic carbocycles. The van der Waals surface area contributed by atoms with Crippen molar-refractivity contribution in [2.75, 3.05) is 25.1 Å². The number of amides is 1. The Morgan fingerprint density at radius 2 is 2.21 bits per heavy atom. The first-order valence-electron chi connectivity index (χ1n) is 6.40. The Morgan fingerprint density at radius 1 is 1.42 bits per heavy atom. The number of hydrogen-bond donors (Lipinski definition) is 2. The molecule has 3 N–H and O–H groups in total. The number of anilines is 1. The van der Waals surface area contributed by atoms with Crippen LogP contribution in [0.3, 0.4) is 0 Å². The summed E-state index contributed by atoms with van der Waals surface area (Å²) < 4.78 is 5.07. The summed E-state index contributed by atoms with van der Waals surface area (Å²) in [5.74, 6) is 5.65. The molecule has 0 spiro atoms. The van der Waals surface area contributed by atoms with E-state index in [1.54, 1.807) is 0 Å². The molecule has 0 atom stereocenters. The summed E-state index contributed by atoms with van der Waals surface area (Å²) in [7, 11) is 0. The highest BCUT2D eigenvalue weighted by molar-refractivity contribution is 5.92. The average Bonchev–Trinajstić information content (AvgIpc) is 2.43. The van der Waals surface area contributed by atoms with Crippen LogP contribution in [0.1, 0.15) is 25.0 Å². The molecule has 1 aromatic carbocycles. The second-order valence-electron chi connectivity index (χ2n) is 3.92. The molecular weight excluding hydrogens is 240 g/mol. The summed E-state index contributed by atoms with van der Waals surface area (Å²) in [4.78, 5) is 11.6. The number of ether oxygens (including phenoxy) is 1. The van der Waals surface area contributed by atoms with Crippen LogP contribution >= 0.6 is 0 Å². The number of benzene rings is 1. The maximum absolute atomic E-state index is 11.6. The maximum Gasteiger partial charge on any atom is 0.250 e. The molecule has 0 bridgehead atoms. The SMILES string of the molecule is CCOCC(=O)Nc1ccc(C#CCN)cc1CC. The number of rotatable bonds is 5. The highest BCUT2D eigenvalue weighted by Gasteiger charge is 2.06. The third kappa shape index (κ3) is 5.12. The largest absolute Gasteiger partial charge is 0.372 e. The van der Waals surface area contributed by atoms with Gasteiger partial charge in [0.05, 0.1) is 6.54 Å². The minimum Gasteiger partial charge on any atom is -0.372 e. The van der Waals surface area contributed by atoms with Gasteiger partial charge in [-0.2, -0.15) is 0 Å². The van der Waals surface area contributed by atoms with E-state index in [4.69, 9.17) is 10.5 Å². The standard InChI is InChI=1S/C15H20N2O2/c1-3-13-10-12(6-5-9-16)7-8-14(13)17-15(18)11-19-4-2/h7-8,10H,3-4,9,11,16H2,1-2H3,(H,17,18). The minimum absolute atomic E-state index is 0.0778. The van der Waals surface area contributed by atoms with Crippen LogP contribution in [0.15, 0.2) is 18.2 Å². The van der Waals surface area contributed by atoms with Crippen LogP contribution in [0.4, 0.5) is 5.69 Å². The zero-order chi connectivity index (χ0) is 14.1. The zero-order valence-corrected chi connectivity index (χ0v) is 11.5. The zero-order valence-electron chi connectivity index (χ0n) is 11.5. The van der Waals surface area contributed by atoms with Crippen LogP contribution in [0.25, 0.3) is 0 Å². The fraction of sp³-hybridized carbons (Fsp3) is 0.400. The molecule has 19 heavy (non-hydrogen) atoms. The van der Waals surface area contributed by atoms with E-state index in [0.29, 0.717) is 13.2 Å². The molecule has 4 heteroatoms. The molecule has 1 rings (SSSR count). The van der Waals surface area contributed by atoms with Crippen molar-refractivity contribution in [3.63, 3.8) is 0 Å². The van der Waals surface area contributed by atoms with E-state index in [1.807, 2.05) is 32.0 Å². The lowest BCUT2D eigenvalue weighted by Gasteiger charge is -2.10. The minimum atomic E-state index is -0.141. The van der Waals surface area contributed by atoms with Crippen molar-refractivity contribution < 1.29 is 9.53 Å². The quantitative estimate of drug-likeness (QED) is 0.789. The number of carbonyl (C=O) groups is 1. The molecule has 4 nitrogen and oxygen atoms in total. The number of carbonyl (C=O) groups excluding carboxylic acids is 1. The van der Waals surface area contributed by atoms with Crippen LogP contribution in [0.5, 0.6) is 0 Å². The van der Waals surface area contributed by atoms with Gasteiger partial charge in [0.25, 0.3) is 0 Å². The van der Waals surface area contributed by atoms with Crippen molar-refractivity contribution in [1.82, 2.24) is 0 Å². The molecule has 0 unspecified atom stereocenters. The van der Waals surface area contributed by atoms with Gasteiger partial charge in [-0.15, -0.1) is 0 Å². The Bertz CT molecular complexity index is 487. The van der Waals surface area contributed by atoms with Crippen LogP contribution in [-0.4, -0.2) is 25.7 Å². The molecule has 0 radical (unpaired) electrons. The van der Waals surface area contributed by atoms with Crippen LogP contribution in [0, 0.1) is 11.8 Å². The van der Waals surface area contributed by atoms with Gasteiger partial charge in [0, 0.05) is 17.9 Å². The summed E-state index contributed by atoms with van der Waals surface area (Å²) in [6.07, 6.45) is 0.822. The summed E-state index contributed by atoms with van der Waals surface area (Å²) >= 11 is 0. The van der Waals surface area contributed by atoms with Gasteiger partial charge < -0.3 is 15.8 Å². The normalized spacial score (nSPS) is 9.63. The Morgan fingerprint density at radius 3 is 2.84 bits per heavy atom. The predicted molar refractivity (Wildman–Crippen MR) is 76.9 cm³/mol. The summed E-state index contributed by atoms with van der Waals surface area (Å²) in [6.45, 7) is 4.84. The van der Waals surface area contributed by atoms with Crippen molar-refractivity contribution in [3.05, 3.63) is 29.3 Å². The molecule has 0 saturated carbocycles. The molecule has 1 aromatic rings. The van der Waals surface area contributed by atoms with Crippen LogP contribution in [-0.2, 0) is 16.0 Å². The predicted octanol–water partition coefficient (Wildman–Crippen LogP) is 1.53. The molecule has 102 valence electrons. The van der Waals surface area contributed by atoms with E-state index in [1.165, 1.54) is 0 Å². The first kappa shape index (κ1) is 15.2. The van der Waals surface area contributed by atoms with Gasteiger partial charge >= 0.3 is 0 Å². The van der Waals surface area contributed by atoms with Gasteiger partial charge in [0.15, 0.2) is 0 Å². The van der Waals surface area contributed by atoms with E-state index in [2.05, 4.69) is 17.2 Å². The van der Waals surface area contributed by atoms with Gasteiger partial charge in [-0.3, -0.25) is 4.79 Å². The van der Waals surface area contributed by atoms with Crippen molar-refractivity contribution in [1.29, 1.82) is 0 Å². The molecular formula is C15H20N2O2. The van der Waals surface area contributed by atoms with Gasteiger partial charge in [0.2, 0.25) is 5.91 Å². The maximum atomic E-state index is 11.6. The van der Waals surface area contributed by atoms with Crippen molar-refractivity contribution >= 4 is 11.6 Å². The fourth-order valence-corrected chi connectivity index (χ4v) is 1.62. The Labute approximate surface area is 114 Å². The van der Waals surface area contributed by atoms with Crippen molar-refractivity contribution in [2.24, 2.45) is 5.73 Å². The number of aryl methyl sites for hydroxylation is 1. The lowest BCUT2D eigenvalue weighted by Crippen LogP contribution is -2.19. The number of hydrogen-bond acceptors (Lipinski definition) is 3. The highest BCUT2D eigenvalue weighted by atomic mass is 16.5. The molecule has 0 heterocycles. The van der Waals surface area contributed by atoms with E-state index in [-0.39, 0.29) is 12.5 Å². The lowest BCUT2D eigenvalue weighted by atomic mass is 10.1. The van der Waals surface area contributed by atoms with Gasteiger partial charge in [0.1, 0.15) is 6.61 Å². The third-order valence-electron chi connectivity index (χ3n) is 2.53. The smallest absolute Gasteiger partial charge is 0.250 e. The average molecular weight is 260 g/mol. The first-order valence-corrected chi connectivity index (χ1v) is 6.40. The number of nitrogens with two attached hydrogens (primary N) is 1. The Balaban J connectivity index is 2.81. The lowest BCUT2D eigenvalue weighted by molar-refractivity contribution is -0.120.